The predicted octanol–water partition coefficient (Wildman–Crippen LogP) is 0.906. The number of amides is 2. The van der Waals surface area contributed by atoms with Crippen molar-refractivity contribution in [2.75, 3.05) is 12.3 Å². The van der Waals surface area contributed by atoms with E-state index in [0.29, 0.717) is 0 Å². The molecule has 2 amide bonds. The quantitative estimate of drug-likeness (QED) is 0.707. The fourth-order valence-electron chi connectivity index (χ4n) is 1.98. The lowest BCUT2D eigenvalue weighted by Gasteiger charge is -2.15. The molecule has 0 aromatic heterocycles. The van der Waals surface area contributed by atoms with E-state index in [9.17, 15) is 22.8 Å². The standard InChI is InChI=1S/C12H12F3N3O2/c13-12(14,15)8-3-1-2-7(10(8)16)11(20)18-6-4-9(19)17-5-6/h1-3,6H,4-5,16H2,(H,17,19)(H,18,20). The van der Waals surface area contributed by atoms with Crippen LogP contribution in [0.15, 0.2) is 18.2 Å². The van der Waals surface area contributed by atoms with Gasteiger partial charge in [0.2, 0.25) is 5.91 Å². The van der Waals surface area contributed by atoms with Gasteiger partial charge in [-0.15, -0.1) is 0 Å². The van der Waals surface area contributed by atoms with Crippen LogP contribution in [-0.2, 0) is 11.0 Å². The monoisotopic (exact) mass is 287 g/mol. The van der Waals surface area contributed by atoms with Crippen molar-refractivity contribution in [3.05, 3.63) is 29.3 Å². The smallest absolute Gasteiger partial charge is 0.398 e. The fraction of sp³-hybridized carbons (Fsp3) is 0.333. The van der Waals surface area contributed by atoms with Crippen LogP contribution in [0.4, 0.5) is 18.9 Å². The summed E-state index contributed by atoms with van der Waals surface area (Å²) < 4.78 is 38.0. The molecule has 1 aromatic carbocycles. The molecule has 108 valence electrons. The molecule has 0 radical (unpaired) electrons. The van der Waals surface area contributed by atoms with E-state index in [-0.39, 0.29) is 24.4 Å². The Hall–Kier alpha value is -2.25. The van der Waals surface area contributed by atoms with E-state index in [1.54, 1.807) is 0 Å². The minimum absolute atomic E-state index is 0.102. The second kappa shape index (κ2) is 5.03. The number of carbonyl (C=O) groups is 2. The molecule has 0 saturated carbocycles. The Morgan fingerprint density at radius 1 is 1.40 bits per heavy atom. The van der Waals surface area contributed by atoms with E-state index in [1.807, 2.05) is 0 Å². The molecule has 1 atom stereocenters. The normalized spacial score (nSPS) is 18.8. The van der Waals surface area contributed by atoms with Crippen LogP contribution in [0.25, 0.3) is 0 Å². The van der Waals surface area contributed by atoms with E-state index in [4.69, 9.17) is 5.73 Å². The number of para-hydroxylation sites is 1. The van der Waals surface area contributed by atoms with Crippen LogP contribution in [0.5, 0.6) is 0 Å². The van der Waals surface area contributed by atoms with Crippen molar-refractivity contribution in [1.82, 2.24) is 10.6 Å². The highest BCUT2D eigenvalue weighted by atomic mass is 19.4. The van der Waals surface area contributed by atoms with Crippen LogP contribution in [0, 0.1) is 0 Å². The SMILES string of the molecule is Nc1c(C(=O)NC2CNC(=O)C2)cccc1C(F)(F)F. The fourth-order valence-corrected chi connectivity index (χ4v) is 1.98. The van der Waals surface area contributed by atoms with Crippen LogP contribution >= 0.6 is 0 Å². The molecule has 1 fully saturated rings. The number of hydrogen-bond donors (Lipinski definition) is 3. The third-order valence-electron chi connectivity index (χ3n) is 2.97. The van der Waals surface area contributed by atoms with E-state index in [0.717, 1.165) is 12.1 Å². The third-order valence-corrected chi connectivity index (χ3v) is 2.97. The molecule has 1 aliphatic rings. The Bertz CT molecular complexity index is 557. The summed E-state index contributed by atoms with van der Waals surface area (Å²) in [7, 11) is 0. The minimum Gasteiger partial charge on any atom is -0.398 e. The molecule has 1 unspecified atom stereocenters. The Balaban J connectivity index is 2.20. The maximum Gasteiger partial charge on any atom is 0.418 e. The molecule has 1 aliphatic heterocycles. The number of nitrogens with two attached hydrogens (primary N) is 1. The van der Waals surface area contributed by atoms with Gasteiger partial charge in [-0.2, -0.15) is 13.2 Å². The first kappa shape index (κ1) is 14.2. The number of nitrogens with one attached hydrogen (secondary N) is 2. The number of carbonyl (C=O) groups excluding carboxylic acids is 2. The molecular weight excluding hydrogens is 275 g/mol. The number of benzene rings is 1. The lowest BCUT2D eigenvalue weighted by molar-refractivity contribution is -0.136. The molecule has 2 rings (SSSR count). The molecule has 1 saturated heterocycles. The van der Waals surface area contributed by atoms with Gasteiger partial charge in [-0.05, 0) is 12.1 Å². The van der Waals surface area contributed by atoms with Crippen molar-refractivity contribution in [3.8, 4) is 0 Å². The van der Waals surface area contributed by atoms with Crippen molar-refractivity contribution in [1.29, 1.82) is 0 Å². The second-order valence-corrected chi connectivity index (χ2v) is 4.44. The van der Waals surface area contributed by atoms with Gasteiger partial charge in [0.15, 0.2) is 0 Å². The molecule has 20 heavy (non-hydrogen) atoms. The van der Waals surface area contributed by atoms with Crippen molar-refractivity contribution in [2.24, 2.45) is 0 Å². The van der Waals surface area contributed by atoms with E-state index >= 15 is 0 Å². The highest BCUT2D eigenvalue weighted by Crippen LogP contribution is 2.34. The first-order valence-electron chi connectivity index (χ1n) is 5.82. The Kier molecular flexibility index (Phi) is 3.56. The average molecular weight is 287 g/mol. The number of nitrogen functional groups attached to an aromatic ring is 1. The zero-order valence-electron chi connectivity index (χ0n) is 10.3. The summed E-state index contributed by atoms with van der Waals surface area (Å²) in [6.45, 7) is 0.253. The van der Waals surface area contributed by atoms with Gasteiger partial charge in [-0.1, -0.05) is 6.07 Å². The second-order valence-electron chi connectivity index (χ2n) is 4.44. The van der Waals surface area contributed by atoms with E-state index in [1.165, 1.54) is 6.07 Å². The largest absolute Gasteiger partial charge is 0.418 e. The van der Waals surface area contributed by atoms with Gasteiger partial charge in [-0.25, -0.2) is 0 Å². The maximum atomic E-state index is 12.7. The molecule has 1 heterocycles. The first-order valence-corrected chi connectivity index (χ1v) is 5.82. The summed E-state index contributed by atoms with van der Waals surface area (Å²) in [6.07, 6.45) is -4.52. The van der Waals surface area contributed by atoms with Crippen molar-refractivity contribution in [2.45, 2.75) is 18.6 Å². The molecular formula is C12H12F3N3O2. The number of hydrogen-bond acceptors (Lipinski definition) is 3. The number of alkyl halides is 3. The highest BCUT2D eigenvalue weighted by molar-refractivity contribution is 6.00. The predicted molar refractivity (Wildman–Crippen MR) is 64.7 cm³/mol. The third kappa shape index (κ3) is 2.84. The lowest BCUT2D eigenvalue weighted by Crippen LogP contribution is -2.36. The van der Waals surface area contributed by atoms with Gasteiger partial charge >= 0.3 is 6.18 Å². The van der Waals surface area contributed by atoms with Gasteiger partial charge < -0.3 is 16.4 Å². The summed E-state index contributed by atoms with van der Waals surface area (Å²) >= 11 is 0. The van der Waals surface area contributed by atoms with Crippen LogP contribution in [0.1, 0.15) is 22.3 Å². The Morgan fingerprint density at radius 2 is 2.10 bits per heavy atom. The summed E-state index contributed by atoms with van der Waals surface area (Å²) in [5, 5.41) is 4.99. The molecule has 4 N–H and O–H groups in total. The molecule has 0 spiro atoms. The first-order chi connectivity index (χ1) is 9.29. The van der Waals surface area contributed by atoms with Crippen molar-refractivity contribution < 1.29 is 22.8 Å². The zero-order chi connectivity index (χ0) is 14.9. The van der Waals surface area contributed by atoms with E-state index < -0.39 is 29.4 Å². The summed E-state index contributed by atoms with van der Waals surface area (Å²) in [5.74, 6) is -0.942. The van der Waals surface area contributed by atoms with E-state index in [2.05, 4.69) is 10.6 Å². The average Bonchev–Trinajstić information content (AvgIpc) is 2.73. The van der Waals surface area contributed by atoms with Gasteiger partial charge in [0, 0.05) is 13.0 Å². The number of halogens is 3. The summed E-state index contributed by atoms with van der Waals surface area (Å²) in [4.78, 5) is 22.9. The van der Waals surface area contributed by atoms with Crippen LogP contribution in [-0.4, -0.2) is 24.4 Å². The van der Waals surface area contributed by atoms with Crippen LogP contribution < -0.4 is 16.4 Å². The molecule has 5 nitrogen and oxygen atoms in total. The summed E-state index contributed by atoms with van der Waals surface area (Å²) in [6, 6.07) is 2.70. The van der Waals surface area contributed by atoms with Gasteiger partial charge in [0.1, 0.15) is 0 Å². The highest BCUT2D eigenvalue weighted by Gasteiger charge is 2.34. The molecule has 8 heteroatoms. The molecule has 0 bridgehead atoms. The Labute approximate surface area is 112 Å². The topological polar surface area (TPSA) is 84.2 Å². The maximum absolute atomic E-state index is 12.7. The van der Waals surface area contributed by atoms with Crippen LogP contribution in [0.3, 0.4) is 0 Å². The molecule has 1 aromatic rings. The number of rotatable bonds is 2. The van der Waals surface area contributed by atoms with Gasteiger partial charge in [0.05, 0.1) is 22.9 Å². The van der Waals surface area contributed by atoms with Crippen LogP contribution in [0.2, 0.25) is 0 Å². The molecule has 0 aliphatic carbocycles. The van der Waals surface area contributed by atoms with Crippen molar-refractivity contribution >= 4 is 17.5 Å². The Morgan fingerprint density at radius 3 is 2.65 bits per heavy atom. The van der Waals surface area contributed by atoms with Gasteiger partial charge in [0.25, 0.3) is 5.91 Å². The lowest BCUT2D eigenvalue weighted by atomic mass is 10.1. The summed E-state index contributed by atoms with van der Waals surface area (Å²) in [5.41, 5.74) is 3.49. The number of anilines is 1. The van der Waals surface area contributed by atoms with Crippen molar-refractivity contribution in [3.63, 3.8) is 0 Å². The van der Waals surface area contributed by atoms with Gasteiger partial charge in [-0.3, -0.25) is 9.59 Å². The zero-order valence-corrected chi connectivity index (χ0v) is 10.3. The minimum atomic E-state index is -4.62.